The highest BCUT2D eigenvalue weighted by Crippen LogP contribution is 2.61. The molecule has 10 aromatic carbocycles. The number of rotatable bonds is 4. The van der Waals surface area contributed by atoms with E-state index in [9.17, 15) is 0 Å². The highest BCUT2D eigenvalue weighted by Gasteiger charge is 2.47. The van der Waals surface area contributed by atoms with Crippen molar-refractivity contribution in [2.75, 3.05) is 0 Å². The van der Waals surface area contributed by atoms with Gasteiger partial charge in [0.05, 0.1) is 5.41 Å². The molecule has 56 heavy (non-hydrogen) atoms. The predicted octanol–water partition coefficient (Wildman–Crippen LogP) is 14.6. The maximum absolute atomic E-state index is 6.58. The van der Waals surface area contributed by atoms with E-state index >= 15 is 0 Å². The minimum absolute atomic E-state index is 0.582. The van der Waals surface area contributed by atoms with Crippen molar-refractivity contribution < 1.29 is 4.74 Å². The molecule has 1 heteroatoms. The van der Waals surface area contributed by atoms with E-state index in [1.807, 2.05) is 6.07 Å². The Hall–Kier alpha value is -7.22. The summed E-state index contributed by atoms with van der Waals surface area (Å²) >= 11 is 0. The van der Waals surface area contributed by atoms with Gasteiger partial charge >= 0.3 is 0 Å². The second-order valence-corrected chi connectivity index (χ2v) is 15.1. The van der Waals surface area contributed by atoms with E-state index in [-0.39, 0.29) is 0 Å². The number of para-hydroxylation sites is 1. The molecule has 1 nitrogen and oxygen atoms in total. The molecule has 2 aliphatic rings. The second kappa shape index (κ2) is 11.9. The molecule has 0 spiro atoms. The maximum atomic E-state index is 6.58. The minimum Gasteiger partial charge on any atom is -0.456 e. The summed E-state index contributed by atoms with van der Waals surface area (Å²) in [7, 11) is 0. The SMILES string of the molecule is c1ccc(C2(c3ccccc3)c3cc4ccccc4cc3-c3c(-c4cccc5ccccc45)cc(-c4ccc5c6c(cccc46)-c4ccccc4O5)cc32)cc1. The molecule has 0 unspecified atom stereocenters. The molecule has 0 radical (unpaired) electrons. The Morgan fingerprint density at radius 1 is 0.321 bits per heavy atom. The molecular formula is C55H34O. The molecule has 1 aliphatic carbocycles. The average molecular weight is 711 g/mol. The van der Waals surface area contributed by atoms with Crippen molar-refractivity contribution in [2.24, 2.45) is 0 Å². The van der Waals surface area contributed by atoms with Crippen LogP contribution in [0.5, 0.6) is 11.5 Å². The van der Waals surface area contributed by atoms with Gasteiger partial charge in [0.2, 0.25) is 0 Å². The summed E-state index contributed by atoms with van der Waals surface area (Å²) in [4.78, 5) is 0. The van der Waals surface area contributed by atoms with Crippen LogP contribution in [0.3, 0.4) is 0 Å². The fourth-order valence-electron chi connectivity index (χ4n) is 9.96. The second-order valence-electron chi connectivity index (χ2n) is 15.1. The van der Waals surface area contributed by atoms with Gasteiger partial charge in [-0.15, -0.1) is 0 Å². The van der Waals surface area contributed by atoms with Crippen LogP contribution in [0.4, 0.5) is 0 Å². The maximum Gasteiger partial charge on any atom is 0.135 e. The first kappa shape index (κ1) is 31.2. The summed E-state index contributed by atoms with van der Waals surface area (Å²) in [6.07, 6.45) is 0. The first-order valence-corrected chi connectivity index (χ1v) is 19.4. The Bertz CT molecular complexity index is 3170. The van der Waals surface area contributed by atoms with Crippen LogP contribution in [0.15, 0.2) is 206 Å². The highest BCUT2D eigenvalue weighted by molar-refractivity contribution is 6.12. The van der Waals surface area contributed by atoms with Gasteiger partial charge in [0.15, 0.2) is 0 Å². The molecule has 260 valence electrons. The fraction of sp³-hybridized carbons (Fsp3) is 0.0182. The van der Waals surface area contributed by atoms with Crippen molar-refractivity contribution in [3.8, 4) is 56.0 Å². The number of fused-ring (bicyclic) bond motifs is 7. The van der Waals surface area contributed by atoms with E-state index in [2.05, 4.69) is 200 Å². The largest absolute Gasteiger partial charge is 0.456 e. The Morgan fingerprint density at radius 2 is 0.929 bits per heavy atom. The van der Waals surface area contributed by atoms with Crippen molar-refractivity contribution in [2.45, 2.75) is 5.41 Å². The molecule has 0 saturated carbocycles. The average Bonchev–Trinajstić information content (AvgIpc) is 3.55. The lowest BCUT2D eigenvalue weighted by Gasteiger charge is -2.34. The quantitative estimate of drug-likeness (QED) is 0.177. The standard InChI is InChI=1S/C55H34O/c1-3-19-39(20-4-1)55(40-21-5-2-6-22-40)49-33-37-17-8-7-16-36(37)31-48(49)53-47(43-25-13-18-35-15-9-10-23-41(35)43)32-38(34-50(53)55)42-29-30-52-54-45(42)26-14-27-46(54)44-24-11-12-28-51(44)56-52/h1-34H. The number of ether oxygens (including phenoxy) is 1. The molecule has 12 rings (SSSR count). The Labute approximate surface area is 325 Å². The molecule has 10 aromatic rings. The van der Waals surface area contributed by atoms with Crippen molar-refractivity contribution in [3.63, 3.8) is 0 Å². The van der Waals surface area contributed by atoms with E-state index in [1.54, 1.807) is 0 Å². The molecule has 0 bridgehead atoms. The van der Waals surface area contributed by atoms with Gasteiger partial charge in [-0.2, -0.15) is 0 Å². The van der Waals surface area contributed by atoms with Crippen LogP contribution in [0.1, 0.15) is 22.3 Å². The normalized spacial score (nSPS) is 13.3. The first-order chi connectivity index (χ1) is 27.8. The molecular weight excluding hydrogens is 677 g/mol. The lowest BCUT2D eigenvalue weighted by Crippen LogP contribution is -2.28. The summed E-state index contributed by atoms with van der Waals surface area (Å²) < 4.78 is 6.58. The third-order valence-electron chi connectivity index (χ3n) is 12.3. The summed E-state index contributed by atoms with van der Waals surface area (Å²) in [5.74, 6) is 1.80. The summed E-state index contributed by atoms with van der Waals surface area (Å²) in [6.45, 7) is 0. The predicted molar refractivity (Wildman–Crippen MR) is 233 cm³/mol. The van der Waals surface area contributed by atoms with Crippen LogP contribution in [0.2, 0.25) is 0 Å². The summed E-state index contributed by atoms with van der Waals surface area (Å²) in [6, 6.07) is 76.1. The molecule has 1 heterocycles. The van der Waals surface area contributed by atoms with Crippen molar-refractivity contribution >= 4 is 32.3 Å². The highest BCUT2D eigenvalue weighted by atomic mass is 16.5. The topological polar surface area (TPSA) is 9.23 Å². The van der Waals surface area contributed by atoms with Crippen molar-refractivity contribution in [1.82, 2.24) is 0 Å². The zero-order valence-corrected chi connectivity index (χ0v) is 30.5. The lowest BCUT2D eigenvalue weighted by atomic mass is 9.67. The number of benzene rings is 10. The Kier molecular flexibility index (Phi) is 6.62. The van der Waals surface area contributed by atoms with Gasteiger partial charge in [-0.3, -0.25) is 0 Å². The zero-order valence-electron chi connectivity index (χ0n) is 30.5. The van der Waals surface area contributed by atoms with E-state index < -0.39 is 5.41 Å². The third-order valence-corrected chi connectivity index (χ3v) is 12.3. The van der Waals surface area contributed by atoms with Crippen LogP contribution in [0.25, 0.3) is 76.8 Å². The smallest absolute Gasteiger partial charge is 0.135 e. The molecule has 0 atom stereocenters. The van der Waals surface area contributed by atoms with Gasteiger partial charge in [0, 0.05) is 10.9 Å². The zero-order chi connectivity index (χ0) is 36.8. The number of hydrogen-bond donors (Lipinski definition) is 0. The fourth-order valence-corrected chi connectivity index (χ4v) is 9.96. The number of hydrogen-bond acceptors (Lipinski definition) is 1. The van der Waals surface area contributed by atoms with Crippen LogP contribution >= 0.6 is 0 Å². The molecule has 0 aromatic heterocycles. The van der Waals surface area contributed by atoms with Crippen LogP contribution < -0.4 is 4.74 Å². The summed E-state index contributed by atoms with van der Waals surface area (Å²) in [5, 5.41) is 7.30. The molecule has 1 aliphatic heterocycles. The van der Waals surface area contributed by atoms with Crippen LogP contribution in [0, 0.1) is 0 Å². The molecule has 0 amide bonds. The van der Waals surface area contributed by atoms with E-state index in [1.165, 1.54) is 88.1 Å². The van der Waals surface area contributed by atoms with Gasteiger partial charge < -0.3 is 4.74 Å². The van der Waals surface area contributed by atoms with E-state index in [4.69, 9.17) is 4.74 Å². The van der Waals surface area contributed by atoms with Gasteiger partial charge in [0.1, 0.15) is 11.5 Å². The van der Waals surface area contributed by atoms with Gasteiger partial charge in [0.25, 0.3) is 0 Å². The van der Waals surface area contributed by atoms with Crippen LogP contribution in [-0.2, 0) is 5.41 Å². The van der Waals surface area contributed by atoms with Crippen molar-refractivity contribution in [1.29, 1.82) is 0 Å². The van der Waals surface area contributed by atoms with E-state index in [0.29, 0.717) is 0 Å². The summed E-state index contributed by atoms with van der Waals surface area (Å²) in [5.41, 5.74) is 14.3. The monoisotopic (exact) mass is 710 g/mol. The lowest BCUT2D eigenvalue weighted by molar-refractivity contribution is 0.487. The molecule has 0 N–H and O–H groups in total. The molecule has 0 saturated heterocycles. The third kappa shape index (κ3) is 4.31. The van der Waals surface area contributed by atoms with Gasteiger partial charge in [-0.05, 0) is 125 Å². The first-order valence-electron chi connectivity index (χ1n) is 19.4. The van der Waals surface area contributed by atoms with Gasteiger partial charge in [-0.1, -0.05) is 170 Å². The van der Waals surface area contributed by atoms with Gasteiger partial charge in [-0.25, -0.2) is 0 Å². The van der Waals surface area contributed by atoms with Crippen LogP contribution in [-0.4, -0.2) is 0 Å². The van der Waals surface area contributed by atoms with E-state index in [0.717, 1.165) is 22.4 Å². The van der Waals surface area contributed by atoms with Crippen molar-refractivity contribution in [3.05, 3.63) is 229 Å². The Morgan fingerprint density at radius 3 is 1.73 bits per heavy atom. The molecule has 0 fully saturated rings. The Balaban J connectivity index is 1.26. The minimum atomic E-state index is -0.582.